The highest BCUT2D eigenvalue weighted by Crippen LogP contribution is 2.41. The van der Waals surface area contributed by atoms with Gasteiger partial charge < -0.3 is 4.74 Å². The molecule has 0 aromatic heterocycles. The van der Waals surface area contributed by atoms with Crippen LogP contribution < -0.4 is 0 Å². The van der Waals surface area contributed by atoms with Crippen LogP contribution in [0.25, 0.3) is 0 Å². The van der Waals surface area contributed by atoms with Crippen molar-refractivity contribution in [2.45, 2.75) is 65.0 Å². The zero-order valence-electron chi connectivity index (χ0n) is 12.5. The van der Waals surface area contributed by atoms with Gasteiger partial charge >= 0.3 is 0 Å². The molecule has 0 amide bonds. The lowest BCUT2D eigenvalue weighted by Crippen LogP contribution is -2.43. The Kier molecular flexibility index (Phi) is 4.50. The first-order chi connectivity index (χ1) is 8.52. The average molecular weight is 251 g/mol. The molecule has 0 aliphatic carbocycles. The van der Waals surface area contributed by atoms with Gasteiger partial charge in [-0.25, -0.2) is 0 Å². The van der Waals surface area contributed by atoms with Crippen molar-refractivity contribution in [2.75, 3.05) is 19.7 Å². The quantitative estimate of drug-likeness (QED) is 0.692. The lowest BCUT2D eigenvalue weighted by molar-refractivity contribution is 0.00328. The van der Waals surface area contributed by atoms with Gasteiger partial charge in [-0.3, -0.25) is 4.90 Å². The van der Waals surface area contributed by atoms with Crippen LogP contribution in [0.2, 0.25) is 0 Å². The average Bonchev–Trinajstić information content (AvgIpc) is 2.79. The lowest BCUT2D eigenvalue weighted by Gasteiger charge is -2.32. The standard InChI is InChI=1S/C16H29NO/c1-13(2)6-7-15-10-16(12-18-14(3)4)8-5-9-17(16)11-15/h7,13-14H,5-6,8-12H2,1-4H3/b15-7-. The summed E-state index contributed by atoms with van der Waals surface area (Å²) >= 11 is 0. The van der Waals surface area contributed by atoms with E-state index in [0.717, 1.165) is 12.5 Å². The van der Waals surface area contributed by atoms with Gasteiger partial charge in [-0.05, 0) is 52.0 Å². The highest BCUT2D eigenvalue weighted by Gasteiger charge is 2.46. The number of nitrogens with zero attached hydrogens (tertiary/aromatic N) is 1. The van der Waals surface area contributed by atoms with E-state index < -0.39 is 0 Å². The molecule has 2 heteroatoms. The Morgan fingerprint density at radius 1 is 1.33 bits per heavy atom. The van der Waals surface area contributed by atoms with E-state index in [-0.39, 0.29) is 0 Å². The first-order valence-electron chi connectivity index (χ1n) is 7.56. The van der Waals surface area contributed by atoms with Gasteiger partial charge in [-0.15, -0.1) is 0 Å². The highest BCUT2D eigenvalue weighted by atomic mass is 16.5. The van der Waals surface area contributed by atoms with Crippen LogP contribution in [-0.4, -0.2) is 36.2 Å². The third-order valence-corrected chi connectivity index (χ3v) is 4.25. The molecule has 0 spiro atoms. The molecule has 0 aromatic rings. The number of hydrogen-bond acceptors (Lipinski definition) is 2. The maximum absolute atomic E-state index is 5.94. The Balaban J connectivity index is 1.98. The van der Waals surface area contributed by atoms with Crippen LogP contribution in [0.15, 0.2) is 11.6 Å². The minimum atomic E-state index is 0.340. The SMILES string of the molecule is CC(C)C/C=C1\CN2CCCC2(COC(C)C)C1. The smallest absolute Gasteiger partial charge is 0.0657 e. The van der Waals surface area contributed by atoms with Crippen LogP contribution in [0.3, 0.4) is 0 Å². The van der Waals surface area contributed by atoms with Crippen LogP contribution in [-0.2, 0) is 4.74 Å². The predicted molar refractivity (Wildman–Crippen MR) is 76.8 cm³/mol. The minimum Gasteiger partial charge on any atom is -0.377 e. The van der Waals surface area contributed by atoms with Crippen molar-refractivity contribution in [1.29, 1.82) is 0 Å². The van der Waals surface area contributed by atoms with Crippen molar-refractivity contribution in [3.05, 3.63) is 11.6 Å². The largest absolute Gasteiger partial charge is 0.377 e. The topological polar surface area (TPSA) is 12.5 Å². The third-order valence-electron chi connectivity index (χ3n) is 4.25. The molecule has 0 N–H and O–H groups in total. The molecule has 18 heavy (non-hydrogen) atoms. The lowest BCUT2D eigenvalue weighted by atomic mass is 9.92. The van der Waals surface area contributed by atoms with Gasteiger partial charge in [0.05, 0.1) is 12.7 Å². The minimum absolute atomic E-state index is 0.340. The van der Waals surface area contributed by atoms with Crippen LogP contribution in [0.4, 0.5) is 0 Å². The van der Waals surface area contributed by atoms with E-state index in [2.05, 4.69) is 38.7 Å². The maximum atomic E-state index is 5.94. The van der Waals surface area contributed by atoms with Crippen LogP contribution >= 0.6 is 0 Å². The molecular formula is C16H29NO. The number of rotatable bonds is 5. The van der Waals surface area contributed by atoms with Crippen LogP contribution in [0.5, 0.6) is 0 Å². The molecule has 104 valence electrons. The second kappa shape index (κ2) is 5.75. The molecule has 1 atom stereocenters. The van der Waals surface area contributed by atoms with Gasteiger partial charge in [0.15, 0.2) is 0 Å². The second-order valence-electron chi connectivity index (χ2n) is 6.78. The number of fused-ring (bicyclic) bond motifs is 1. The van der Waals surface area contributed by atoms with E-state index in [4.69, 9.17) is 4.74 Å². The summed E-state index contributed by atoms with van der Waals surface area (Å²) in [4.78, 5) is 2.67. The number of allylic oxidation sites excluding steroid dienone is 1. The molecule has 0 aromatic carbocycles. The van der Waals surface area contributed by atoms with Gasteiger partial charge in [-0.1, -0.05) is 25.5 Å². The Hall–Kier alpha value is -0.340. The molecule has 0 saturated carbocycles. The van der Waals surface area contributed by atoms with Crippen LogP contribution in [0, 0.1) is 5.92 Å². The van der Waals surface area contributed by atoms with Crippen molar-refractivity contribution >= 4 is 0 Å². The predicted octanol–water partition coefficient (Wildman–Crippen LogP) is 3.62. The maximum Gasteiger partial charge on any atom is 0.0657 e. The van der Waals surface area contributed by atoms with Gasteiger partial charge in [-0.2, -0.15) is 0 Å². The van der Waals surface area contributed by atoms with Crippen LogP contribution in [0.1, 0.15) is 53.4 Å². The summed E-state index contributed by atoms with van der Waals surface area (Å²) < 4.78 is 5.94. The zero-order valence-corrected chi connectivity index (χ0v) is 12.5. The fraction of sp³-hybridized carbons (Fsp3) is 0.875. The molecule has 2 heterocycles. The molecule has 2 saturated heterocycles. The Morgan fingerprint density at radius 3 is 2.78 bits per heavy atom. The zero-order chi connectivity index (χ0) is 13.2. The van der Waals surface area contributed by atoms with E-state index >= 15 is 0 Å². The molecule has 1 unspecified atom stereocenters. The molecule has 2 nitrogen and oxygen atoms in total. The monoisotopic (exact) mass is 251 g/mol. The van der Waals surface area contributed by atoms with Crippen molar-refractivity contribution in [1.82, 2.24) is 4.90 Å². The Morgan fingerprint density at radius 2 is 2.11 bits per heavy atom. The van der Waals surface area contributed by atoms with Crippen molar-refractivity contribution in [2.24, 2.45) is 5.92 Å². The molecule has 0 radical (unpaired) electrons. The number of hydrogen-bond donors (Lipinski definition) is 0. The fourth-order valence-electron chi connectivity index (χ4n) is 3.24. The van der Waals surface area contributed by atoms with Gasteiger partial charge in [0.25, 0.3) is 0 Å². The van der Waals surface area contributed by atoms with E-state index in [1.165, 1.54) is 38.8 Å². The van der Waals surface area contributed by atoms with E-state index in [1.807, 2.05) is 0 Å². The van der Waals surface area contributed by atoms with Gasteiger partial charge in [0.2, 0.25) is 0 Å². The summed E-state index contributed by atoms with van der Waals surface area (Å²) in [6, 6.07) is 0. The van der Waals surface area contributed by atoms with E-state index in [0.29, 0.717) is 11.6 Å². The van der Waals surface area contributed by atoms with Gasteiger partial charge in [0, 0.05) is 12.1 Å². The van der Waals surface area contributed by atoms with E-state index in [1.54, 1.807) is 5.57 Å². The summed E-state index contributed by atoms with van der Waals surface area (Å²) in [6.45, 7) is 12.2. The molecule has 2 aliphatic rings. The van der Waals surface area contributed by atoms with Crippen molar-refractivity contribution < 1.29 is 4.74 Å². The summed E-state index contributed by atoms with van der Waals surface area (Å²) in [7, 11) is 0. The molecule has 2 fully saturated rings. The first-order valence-corrected chi connectivity index (χ1v) is 7.56. The summed E-state index contributed by atoms with van der Waals surface area (Å²) in [5.74, 6) is 0.774. The number of ether oxygens (including phenoxy) is 1. The summed E-state index contributed by atoms with van der Waals surface area (Å²) in [5.41, 5.74) is 1.99. The third kappa shape index (κ3) is 3.16. The summed E-state index contributed by atoms with van der Waals surface area (Å²) in [6.07, 6.45) is 7.97. The second-order valence-corrected chi connectivity index (χ2v) is 6.78. The Labute approximate surface area is 112 Å². The first kappa shape index (κ1) is 14.1. The molecule has 0 bridgehead atoms. The van der Waals surface area contributed by atoms with Crippen molar-refractivity contribution in [3.8, 4) is 0 Å². The molecule has 2 rings (SSSR count). The van der Waals surface area contributed by atoms with Gasteiger partial charge in [0.1, 0.15) is 0 Å². The van der Waals surface area contributed by atoms with Crippen molar-refractivity contribution in [3.63, 3.8) is 0 Å². The Bertz CT molecular complexity index is 308. The fourth-order valence-corrected chi connectivity index (χ4v) is 3.24. The van der Waals surface area contributed by atoms with E-state index in [9.17, 15) is 0 Å². The molecule has 2 aliphatic heterocycles. The normalized spacial score (nSPS) is 30.9. The molecular weight excluding hydrogens is 222 g/mol. The summed E-state index contributed by atoms with van der Waals surface area (Å²) in [5, 5.41) is 0. The highest BCUT2D eigenvalue weighted by molar-refractivity contribution is 5.20.